The van der Waals surface area contributed by atoms with E-state index in [4.69, 9.17) is 37.0 Å². The van der Waals surface area contributed by atoms with Crippen LogP contribution in [-0.4, -0.2) is 96.7 Å². The van der Waals surface area contributed by atoms with E-state index >= 15 is 0 Å². The minimum Gasteiger partial charge on any atom is -0.462 e. The van der Waals surface area contributed by atoms with Crippen LogP contribution >= 0.6 is 15.6 Å². The molecule has 0 radical (unpaired) electrons. The Morgan fingerprint density at radius 3 is 0.784 bits per heavy atom. The molecule has 0 amide bonds. The number of aliphatic hydroxyl groups excluding tert-OH is 1. The quantitative estimate of drug-likeness (QED) is 0.0169. The highest BCUT2D eigenvalue weighted by molar-refractivity contribution is 7.47. The van der Waals surface area contributed by atoms with Gasteiger partial charge in [0, 0.05) is 25.7 Å². The van der Waals surface area contributed by atoms with Gasteiger partial charge in [-0.3, -0.25) is 37.3 Å². The summed E-state index contributed by atoms with van der Waals surface area (Å²) in [4.78, 5) is 73.0. The van der Waals surface area contributed by atoms with Gasteiger partial charge in [-0.15, -0.1) is 0 Å². The van der Waals surface area contributed by atoms with Gasteiger partial charge in [0.15, 0.2) is 12.2 Å². The molecule has 3 N–H and O–H groups in total. The molecule has 0 fully saturated rings. The van der Waals surface area contributed by atoms with Gasteiger partial charge in [0.2, 0.25) is 0 Å². The zero-order valence-electron chi connectivity index (χ0n) is 64.8. The zero-order chi connectivity index (χ0) is 74.6. The molecule has 0 aromatic carbocycles. The summed E-state index contributed by atoms with van der Waals surface area (Å²) in [5.74, 6) is -2.17. The first-order valence-corrected chi connectivity index (χ1v) is 43.8. The number of aliphatic hydroxyl groups is 1. The summed E-state index contributed by atoms with van der Waals surface area (Å²) >= 11 is 0. The molecule has 592 valence electrons. The number of phosphoric ester groups is 2. The molecule has 0 heterocycles. The van der Waals surface area contributed by atoms with Gasteiger partial charge in [-0.25, -0.2) is 9.13 Å². The number of hydrogen-bond acceptors (Lipinski definition) is 15. The molecule has 0 bridgehead atoms. The lowest BCUT2D eigenvalue weighted by Gasteiger charge is -2.21. The standard InChI is InChI=1S/C83H148O17P2/c1-5-9-13-17-21-25-29-32-35-37-38-40-42-45-49-52-56-60-64-68-81(86)94-74-79(100-83(88)70-66-62-58-54-50-46-43-39-36-33-30-26-22-18-14-10-6-2)76-98-102(91,92)96-72-77(84)71-95-101(89,90)97-75-78(99-82(87)69-65-61-57-53-47-28-24-20-16-12-8-4)73-93-80(85)67-63-59-55-51-48-44-41-34-31-27-23-19-15-11-7-3/h9-10,13-14,21-22,25-26,32-33,35-36,38,40,77-79,84H,5-8,11-12,15-20,23-24,27-31,34,37,39,41-76H2,1-4H3,(H,89,90)(H,91,92)/b13-9-,14-10-,25-21-,26-22-,35-32-,36-33-,40-38-. The van der Waals surface area contributed by atoms with Crippen molar-refractivity contribution in [2.24, 2.45) is 0 Å². The summed E-state index contributed by atoms with van der Waals surface area (Å²) < 4.78 is 68.6. The average Bonchev–Trinajstić information content (AvgIpc) is 0.921. The van der Waals surface area contributed by atoms with Crippen molar-refractivity contribution in [3.05, 3.63) is 85.1 Å². The molecule has 0 aliphatic carbocycles. The van der Waals surface area contributed by atoms with Gasteiger partial charge in [0.1, 0.15) is 19.3 Å². The number of allylic oxidation sites excluding steroid dienone is 14. The van der Waals surface area contributed by atoms with Gasteiger partial charge in [0.05, 0.1) is 26.4 Å². The third-order valence-corrected chi connectivity index (χ3v) is 19.3. The van der Waals surface area contributed by atoms with Crippen LogP contribution in [0.5, 0.6) is 0 Å². The fourth-order valence-electron chi connectivity index (χ4n) is 11.2. The predicted molar refractivity (Wildman–Crippen MR) is 418 cm³/mol. The van der Waals surface area contributed by atoms with Crippen molar-refractivity contribution < 1.29 is 80.2 Å². The lowest BCUT2D eigenvalue weighted by molar-refractivity contribution is -0.161. The second-order valence-electron chi connectivity index (χ2n) is 27.3. The molecule has 5 unspecified atom stereocenters. The Morgan fingerprint density at radius 1 is 0.284 bits per heavy atom. The highest BCUT2D eigenvalue weighted by atomic mass is 31.2. The number of ether oxygens (including phenoxy) is 4. The van der Waals surface area contributed by atoms with Crippen LogP contribution in [0.25, 0.3) is 0 Å². The van der Waals surface area contributed by atoms with Crippen LogP contribution in [0.1, 0.15) is 362 Å². The summed E-state index contributed by atoms with van der Waals surface area (Å²) in [6, 6.07) is 0. The minimum atomic E-state index is -4.98. The van der Waals surface area contributed by atoms with Gasteiger partial charge >= 0.3 is 39.5 Å². The smallest absolute Gasteiger partial charge is 0.462 e. The lowest BCUT2D eigenvalue weighted by Crippen LogP contribution is -2.30. The Bertz CT molecular complexity index is 2260. The maximum absolute atomic E-state index is 13.1. The lowest BCUT2D eigenvalue weighted by atomic mass is 10.0. The first-order valence-electron chi connectivity index (χ1n) is 40.8. The Morgan fingerprint density at radius 2 is 0.510 bits per heavy atom. The van der Waals surface area contributed by atoms with Crippen LogP contribution in [-0.2, 0) is 65.4 Å². The molecule has 0 saturated carbocycles. The molecule has 0 aliphatic rings. The van der Waals surface area contributed by atoms with Gasteiger partial charge in [0.25, 0.3) is 0 Å². The Kier molecular flexibility index (Phi) is 72.7. The molecule has 5 atom stereocenters. The van der Waals surface area contributed by atoms with Crippen molar-refractivity contribution in [1.82, 2.24) is 0 Å². The topological polar surface area (TPSA) is 237 Å². The van der Waals surface area contributed by atoms with Gasteiger partial charge in [-0.05, 0) is 96.3 Å². The number of unbranched alkanes of at least 4 members (excludes halogenated alkanes) is 37. The van der Waals surface area contributed by atoms with E-state index in [0.29, 0.717) is 25.7 Å². The number of carbonyl (C=O) groups is 4. The highest BCUT2D eigenvalue weighted by Crippen LogP contribution is 2.45. The number of esters is 4. The summed E-state index contributed by atoms with van der Waals surface area (Å²) in [5, 5.41) is 10.6. The fraction of sp³-hybridized carbons (Fsp3) is 0.783. The minimum absolute atomic E-state index is 0.0816. The van der Waals surface area contributed by atoms with E-state index in [0.717, 1.165) is 173 Å². The van der Waals surface area contributed by atoms with Crippen LogP contribution in [0.15, 0.2) is 85.1 Å². The molecule has 0 aromatic rings. The number of hydrogen-bond donors (Lipinski definition) is 3. The molecule has 102 heavy (non-hydrogen) atoms. The summed E-state index contributed by atoms with van der Waals surface area (Å²) in [7, 11) is -9.95. The molecule has 0 rings (SSSR count). The molecule has 17 nitrogen and oxygen atoms in total. The number of carbonyl (C=O) groups excluding carboxylic acids is 4. The molecular weight excluding hydrogens is 1330 g/mol. The van der Waals surface area contributed by atoms with E-state index in [1.807, 2.05) is 0 Å². The Labute approximate surface area is 621 Å². The third-order valence-electron chi connectivity index (χ3n) is 17.4. The molecule has 0 spiro atoms. The van der Waals surface area contributed by atoms with E-state index in [1.54, 1.807) is 0 Å². The van der Waals surface area contributed by atoms with Crippen LogP contribution in [0.4, 0.5) is 0 Å². The summed E-state index contributed by atoms with van der Waals surface area (Å²) in [6.45, 7) is 4.69. The summed E-state index contributed by atoms with van der Waals surface area (Å²) in [6.07, 6.45) is 78.4. The Hall–Kier alpha value is -3.76. The fourth-order valence-corrected chi connectivity index (χ4v) is 12.8. The van der Waals surface area contributed by atoms with Crippen molar-refractivity contribution in [2.45, 2.75) is 380 Å². The van der Waals surface area contributed by atoms with Gasteiger partial charge in [-0.2, -0.15) is 0 Å². The third kappa shape index (κ3) is 74.5. The first-order chi connectivity index (χ1) is 49.7. The van der Waals surface area contributed by atoms with Crippen LogP contribution < -0.4 is 0 Å². The maximum atomic E-state index is 13.1. The molecular formula is C83H148O17P2. The normalized spacial score (nSPS) is 14.3. The molecule has 0 saturated heterocycles. The van der Waals surface area contributed by atoms with Crippen LogP contribution in [0, 0.1) is 0 Å². The van der Waals surface area contributed by atoms with Gasteiger partial charge in [-0.1, -0.05) is 325 Å². The molecule has 19 heteroatoms. The second kappa shape index (κ2) is 75.5. The predicted octanol–water partition coefficient (Wildman–Crippen LogP) is 23.8. The largest absolute Gasteiger partial charge is 0.472 e. The highest BCUT2D eigenvalue weighted by Gasteiger charge is 2.30. The first kappa shape index (κ1) is 98.2. The van der Waals surface area contributed by atoms with Crippen molar-refractivity contribution in [3.63, 3.8) is 0 Å². The molecule has 0 aliphatic heterocycles. The van der Waals surface area contributed by atoms with E-state index < -0.39 is 97.5 Å². The maximum Gasteiger partial charge on any atom is 0.472 e. The Balaban J connectivity index is 5.32. The van der Waals surface area contributed by atoms with Crippen LogP contribution in [0.2, 0.25) is 0 Å². The average molecular weight is 1480 g/mol. The zero-order valence-corrected chi connectivity index (χ0v) is 66.6. The van der Waals surface area contributed by atoms with E-state index in [2.05, 4.69) is 113 Å². The monoisotopic (exact) mass is 1480 g/mol. The van der Waals surface area contributed by atoms with E-state index in [1.165, 1.54) is 109 Å². The van der Waals surface area contributed by atoms with Crippen molar-refractivity contribution in [1.29, 1.82) is 0 Å². The van der Waals surface area contributed by atoms with Crippen molar-refractivity contribution >= 4 is 39.5 Å². The van der Waals surface area contributed by atoms with Gasteiger partial charge < -0.3 is 33.8 Å². The number of rotatable bonds is 77. The van der Waals surface area contributed by atoms with Crippen molar-refractivity contribution in [2.75, 3.05) is 39.6 Å². The SMILES string of the molecule is CC/C=C\C/C=C\C/C=C\C/C=C\CCCCCCCCC(=O)OCC(COP(=O)(O)OCC(O)COP(=O)(O)OCC(COC(=O)CCCCCCCCCCCCCCCCC)OC(=O)CCCCCCCCCCCCC)OC(=O)CCCCCCCCC/C=C\C/C=C\C/C=C\CC. The summed E-state index contributed by atoms with van der Waals surface area (Å²) in [5.41, 5.74) is 0. The van der Waals surface area contributed by atoms with Crippen LogP contribution in [0.3, 0.4) is 0 Å². The molecule has 0 aromatic heterocycles. The van der Waals surface area contributed by atoms with E-state index in [-0.39, 0.29) is 25.7 Å². The van der Waals surface area contributed by atoms with Crippen molar-refractivity contribution in [3.8, 4) is 0 Å². The second-order valence-corrected chi connectivity index (χ2v) is 30.2. The number of phosphoric acid groups is 2. The van der Waals surface area contributed by atoms with E-state index in [9.17, 15) is 43.2 Å².